The quantitative estimate of drug-likeness (QED) is 0.529. The number of ether oxygens (including phenoxy) is 1. The molecule has 28 heavy (non-hydrogen) atoms. The van der Waals surface area contributed by atoms with Crippen molar-refractivity contribution in [2.45, 2.75) is 25.5 Å². The molecular weight excluding hydrogens is 366 g/mol. The van der Waals surface area contributed by atoms with Crippen molar-refractivity contribution < 1.29 is 9.53 Å². The van der Waals surface area contributed by atoms with E-state index in [9.17, 15) is 4.79 Å². The number of carbonyl (C=O) groups excluding carboxylic acids is 1. The van der Waals surface area contributed by atoms with Gasteiger partial charge in [-0.1, -0.05) is 78.9 Å². The molecule has 3 aromatic carbocycles. The Labute approximate surface area is 172 Å². The summed E-state index contributed by atoms with van der Waals surface area (Å²) in [5, 5.41) is 3.09. The molecule has 0 bridgehead atoms. The Bertz CT molecular complexity index is 868. The summed E-state index contributed by atoms with van der Waals surface area (Å²) in [6, 6.07) is 27.8. The zero-order chi connectivity index (χ0) is 19.6. The van der Waals surface area contributed by atoms with E-state index in [1.54, 1.807) is 0 Å². The van der Waals surface area contributed by atoms with Crippen molar-refractivity contribution >= 4 is 18.5 Å². The van der Waals surface area contributed by atoms with Crippen LogP contribution in [0.15, 0.2) is 84.9 Å². The lowest BCUT2D eigenvalue weighted by molar-refractivity contribution is -0.121. The van der Waals surface area contributed by atoms with Gasteiger partial charge >= 0.3 is 0 Å². The lowest BCUT2D eigenvalue weighted by Gasteiger charge is -2.17. The van der Waals surface area contributed by atoms with Gasteiger partial charge in [-0.15, -0.1) is 0 Å². The van der Waals surface area contributed by atoms with E-state index in [4.69, 9.17) is 4.74 Å². The zero-order valence-corrected chi connectivity index (χ0v) is 16.6. The second kappa shape index (κ2) is 10.6. The van der Waals surface area contributed by atoms with Gasteiger partial charge in [0.1, 0.15) is 12.4 Å². The maximum Gasteiger partial charge on any atom is 0.224 e. The van der Waals surface area contributed by atoms with Gasteiger partial charge in [-0.05, 0) is 23.6 Å². The van der Waals surface area contributed by atoms with Gasteiger partial charge in [0.2, 0.25) is 5.91 Å². The third kappa shape index (κ3) is 6.17. The third-order valence-corrected chi connectivity index (χ3v) is 4.91. The summed E-state index contributed by atoms with van der Waals surface area (Å²) in [5.74, 6) is 1.31. The Morgan fingerprint density at radius 2 is 1.46 bits per heavy atom. The maximum atomic E-state index is 12.6. The van der Waals surface area contributed by atoms with Crippen molar-refractivity contribution in [1.82, 2.24) is 5.32 Å². The maximum absolute atomic E-state index is 12.6. The summed E-state index contributed by atoms with van der Waals surface area (Å²) in [5.41, 5.74) is 3.17. The first-order valence-electron chi connectivity index (χ1n) is 9.43. The number of thiol groups is 1. The fraction of sp³-hybridized carbons (Fsp3) is 0.208. The molecule has 0 heterocycles. The smallest absolute Gasteiger partial charge is 0.224 e. The molecule has 0 saturated heterocycles. The van der Waals surface area contributed by atoms with Gasteiger partial charge < -0.3 is 10.1 Å². The monoisotopic (exact) mass is 391 g/mol. The molecule has 1 amide bonds. The summed E-state index contributed by atoms with van der Waals surface area (Å²) in [4.78, 5) is 12.6. The number of benzene rings is 3. The number of hydrogen-bond donors (Lipinski definition) is 2. The minimum absolute atomic E-state index is 0.00404. The normalized spacial score (nSPS) is 11.6. The summed E-state index contributed by atoms with van der Waals surface area (Å²) in [6.45, 7) is 0.479. The molecular formula is C24H25NO2S. The van der Waals surface area contributed by atoms with Gasteiger partial charge in [-0.2, -0.15) is 12.6 Å². The van der Waals surface area contributed by atoms with Crippen LogP contribution in [0, 0.1) is 0 Å². The molecule has 3 nitrogen and oxygen atoms in total. The van der Waals surface area contributed by atoms with Crippen molar-refractivity contribution in [3.8, 4) is 5.75 Å². The van der Waals surface area contributed by atoms with E-state index in [2.05, 4.69) is 30.1 Å². The van der Waals surface area contributed by atoms with E-state index in [0.29, 0.717) is 12.4 Å². The second-order valence-electron chi connectivity index (χ2n) is 6.70. The second-order valence-corrected chi connectivity index (χ2v) is 7.06. The van der Waals surface area contributed by atoms with Crippen molar-refractivity contribution in [2.24, 2.45) is 0 Å². The molecule has 0 saturated carbocycles. The molecule has 144 valence electrons. The van der Waals surface area contributed by atoms with Crippen molar-refractivity contribution in [3.63, 3.8) is 0 Å². The van der Waals surface area contributed by atoms with Crippen LogP contribution >= 0.6 is 12.6 Å². The van der Waals surface area contributed by atoms with Crippen molar-refractivity contribution in [2.75, 3.05) is 5.75 Å². The Balaban J connectivity index is 1.58. The van der Waals surface area contributed by atoms with Crippen LogP contribution in [-0.4, -0.2) is 17.7 Å². The summed E-state index contributed by atoms with van der Waals surface area (Å²) in [7, 11) is 0. The standard InChI is InChI=1S/C24H25NO2S/c26-24(25-22(18-28)15-19-9-3-1-4-10-19)16-21-13-7-8-14-23(21)27-17-20-11-5-2-6-12-20/h1-14,22,28H,15-18H2,(H,25,26)/t22-/m1/s1. The van der Waals surface area contributed by atoms with E-state index in [1.807, 2.05) is 72.8 Å². The number of para-hydroxylation sites is 1. The SMILES string of the molecule is O=C(Cc1ccccc1OCc1ccccc1)N[C@@H](CS)Cc1ccccc1. The summed E-state index contributed by atoms with van der Waals surface area (Å²) in [6.07, 6.45) is 1.05. The molecule has 1 N–H and O–H groups in total. The number of rotatable bonds is 9. The van der Waals surface area contributed by atoms with Crippen LogP contribution in [0.2, 0.25) is 0 Å². The molecule has 0 aromatic heterocycles. The van der Waals surface area contributed by atoms with Crippen LogP contribution in [0.1, 0.15) is 16.7 Å². The van der Waals surface area contributed by atoms with Crippen molar-refractivity contribution in [3.05, 3.63) is 102 Å². The Kier molecular flexibility index (Phi) is 7.56. The lowest BCUT2D eigenvalue weighted by atomic mass is 10.1. The largest absolute Gasteiger partial charge is 0.489 e. The Morgan fingerprint density at radius 3 is 2.14 bits per heavy atom. The molecule has 0 spiro atoms. The van der Waals surface area contributed by atoms with Gasteiger partial charge in [0, 0.05) is 17.4 Å². The van der Waals surface area contributed by atoms with Crippen LogP contribution < -0.4 is 10.1 Å². The molecule has 4 heteroatoms. The molecule has 0 fully saturated rings. The zero-order valence-electron chi connectivity index (χ0n) is 15.8. The summed E-state index contributed by atoms with van der Waals surface area (Å²) >= 11 is 4.40. The average Bonchev–Trinajstić information content (AvgIpc) is 2.74. The van der Waals surface area contributed by atoms with Gasteiger partial charge in [-0.25, -0.2) is 0 Å². The molecule has 0 aliphatic carbocycles. The summed E-state index contributed by atoms with van der Waals surface area (Å²) < 4.78 is 5.96. The van der Waals surface area contributed by atoms with E-state index < -0.39 is 0 Å². The first-order valence-corrected chi connectivity index (χ1v) is 10.1. The first kappa shape index (κ1) is 20.0. The number of carbonyl (C=O) groups is 1. The van der Waals surface area contributed by atoms with E-state index in [-0.39, 0.29) is 18.4 Å². The molecule has 3 rings (SSSR count). The van der Waals surface area contributed by atoms with E-state index >= 15 is 0 Å². The van der Waals surface area contributed by atoms with Crippen LogP contribution in [-0.2, 0) is 24.2 Å². The van der Waals surface area contributed by atoms with Gasteiger partial charge in [0.15, 0.2) is 0 Å². The highest BCUT2D eigenvalue weighted by Crippen LogP contribution is 2.20. The molecule has 0 aliphatic rings. The molecule has 0 unspecified atom stereocenters. The van der Waals surface area contributed by atoms with E-state index in [0.717, 1.165) is 23.3 Å². The Morgan fingerprint density at radius 1 is 0.857 bits per heavy atom. The van der Waals surface area contributed by atoms with Crippen LogP contribution in [0.4, 0.5) is 0 Å². The molecule has 0 radical (unpaired) electrons. The van der Waals surface area contributed by atoms with Gasteiger partial charge in [-0.3, -0.25) is 4.79 Å². The highest BCUT2D eigenvalue weighted by molar-refractivity contribution is 7.80. The number of hydrogen-bond acceptors (Lipinski definition) is 3. The fourth-order valence-corrected chi connectivity index (χ4v) is 3.26. The first-order chi connectivity index (χ1) is 13.7. The van der Waals surface area contributed by atoms with Crippen molar-refractivity contribution in [1.29, 1.82) is 0 Å². The minimum atomic E-state index is -0.0225. The van der Waals surface area contributed by atoms with Gasteiger partial charge in [0.25, 0.3) is 0 Å². The lowest BCUT2D eigenvalue weighted by Crippen LogP contribution is -2.38. The van der Waals surface area contributed by atoms with Crippen LogP contribution in [0.3, 0.4) is 0 Å². The van der Waals surface area contributed by atoms with E-state index in [1.165, 1.54) is 5.56 Å². The van der Waals surface area contributed by atoms with Crippen LogP contribution in [0.5, 0.6) is 5.75 Å². The predicted octanol–water partition coefficient (Wildman–Crippen LogP) is 4.47. The minimum Gasteiger partial charge on any atom is -0.489 e. The third-order valence-electron chi connectivity index (χ3n) is 4.47. The average molecular weight is 392 g/mol. The highest BCUT2D eigenvalue weighted by Gasteiger charge is 2.14. The molecule has 0 aliphatic heterocycles. The number of amides is 1. The Hall–Kier alpha value is -2.72. The van der Waals surface area contributed by atoms with Gasteiger partial charge in [0.05, 0.1) is 6.42 Å². The topological polar surface area (TPSA) is 38.3 Å². The fourth-order valence-electron chi connectivity index (χ4n) is 3.04. The molecule has 1 atom stereocenters. The number of nitrogens with one attached hydrogen (secondary N) is 1. The highest BCUT2D eigenvalue weighted by atomic mass is 32.1. The molecule has 3 aromatic rings. The predicted molar refractivity (Wildman–Crippen MR) is 117 cm³/mol. The van der Waals surface area contributed by atoms with Crippen LogP contribution in [0.25, 0.3) is 0 Å².